The van der Waals surface area contributed by atoms with Crippen LogP contribution in [0.3, 0.4) is 0 Å². The summed E-state index contributed by atoms with van der Waals surface area (Å²) in [5, 5.41) is 0.512. The molecule has 88 valence electrons. The van der Waals surface area contributed by atoms with E-state index in [0.717, 1.165) is 0 Å². The van der Waals surface area contributed by atoms with E-state index in [1.165, 1.54) is 19.2 Å². The summed E-state index contributed by atoms with van der Waals surface area (Å²) in [5.41, 5.74) is 5.72. The van der Waals surface area contributed by atoms with Crippen LogP contribution < -0.4 is 5.73 Å². The Morgan fingerprint density at radius 1 is 1.31 bits per heavy atom. The minimum Gasteiger partial charge on any atom is -0.468 e. The van der Waals surface area contributed by atoms with Gasteiger partial charge in [0.05, 0.1) is 7.11 Å². The van der Waals surface area contributed by atoms with Crippen molar-refractivity contribution in [3.05, 3.63) is 34.9 Å². The van der Waals surface area contributed by atoms with Gasteiger partial charge in [-0.1, -0.05) is 11.6 Å². The maximum atomic E-state index is 11.6. The number of rotatable bonds is 3. The topological polar surface area (TPSA) is 69.4 Å². The summed E-state index contributed by atoms with van der Waals surface area (Å²) in [6.45, 7) is 0. The van der Waals surface area contributed by atoms with Gasteiger partial charge in [0.1, 0.15) is 0 Å². The van der Waals surface area contributed by atoms with Crippen LogP contribution in [0.2, 0.25) is 5.02 Å². The fourth-order valence-electron chi connectivity index (χ4n) is 1.03. The quantitative estimate of drug-likeness (QED) is 0.509. The molecule has 0 amide bonds. The van der Waals surface area contributed by atoms with Crippen LogP contribution in [0.1, 0.15) is 10.4 Å². The van der Waals surface area contributed by atoms with Crippen molar-refractivity contribution >= 4 is 35.8 Å². The van der Waals surface area contributed by atoms with Crippen molar-refractivity contribution in [2.24, 2.45) is 5.73 Å². The SMILES string of the molecule is COC(=O)C(N)C(=O)c1ccc(Cl)cc1.Cl. The van der Waals surface area contributed by atoms with Gasteiger partial charge in [-0.15, -0.1) is 12.4 Å². The fourth-order valence-corrected chi connectivity index (χ4v) is 1.15. The molecule has 0 fully saturated rings. The Morgan fingerprint density at radius 2 is 1.81 bits per heavy atom. The second-order valence-corrected chi connectivity index (χ2v) is 3.31. The molecular formula is C10H11Cl2NO3. The Kier molecular flexibility index (Phi) is 6.03. The summed E-state index contributed by atoms with van der Waals surface area (Å²) in [5.74, 6) is -1.24. The number of esters is 1. The molecule has 2 N–H and O–H groups in total. The van der Waals surface area contributed by atoms with Gasteiger partial charge in [-0.2, -0.15) is 0 Å². The second kappa shape index (κ2) is 6.48. The number of methoxy groups -OCH3 is 1. The lowest BCUT2D eigenvalue weighted by molar-refractivity contribution is -0.140. The Hall–Kier alpha value is -1.10. The van der Waals surface area contributed by atoms with Gasteiger partial charge in [-0.05, 0) is 24.3 Å². The van der Waals surface area contributed by atoms with E-state index in [4.69, 9.17) is 17.3 Å². The Balaban J connectivity index is 0.00000225. The molecule has 0 aromatic heterocycles. The molecule has 16 heavy (non-hydrogen) atoms. The van der Waals surface area contributed by atoms with Crippen LogP contribution in [0, 0.1) is 0 Å². The van der Waals surface area contributed by atoms with Gasteiger partial charge in [0.2, 0.25) is 0 Å². The lowest BCUT2D eigenvalue weighted by atomic mass is 10.1. The molecule has 0 aliphatic heterocycles. The molecule has 0 spiro atoms. The molecule has 0 bridgehead atoms. The largest absolute Gasteiger partial charge is 0.468 e. The zero-order chi connectivity index (χ0) is 11.4. The van der Waals surface area contributed by atoms with E-state index >= 15 is 0 Å². The normalized spacial score (nSPS) is 11.2. The molecule has 1 aromatic carbocycles. The highest BCUT2D eigenvalue weighted by molar-refractivity contribution is 6.30. The second-order valence-electron chi connectivity index (χ2n) is 2.87. The molecule has 1 atom stereocenters. The van der Waals surface area contributed by atoms with E-state index in [9.17, 15) is 9.59 Å². The number of carbonyl (C=O) groups is 2. The highest BCUT2D eigenvalue weighted by atomic mass is 35.5. The van der Waals surface area contributed by atoms with Gasteiger partial charge in [0, 0.05) is 10.6 Å². The lowest BCUT2D eigenvalue weighted by Gasteiger charge is -2.07. The molecule has 1 unspecified atom stereocenters. The monoisotopic (exact) mass is 263 g/mol. The number of benzene rings is 1. The van der Waals surface area contributed by atoms with Gasteiger partial charge in [-0.25, -0.2) is 4.79 Å². The zero-order valence-electron chi connectivity index (χ0n) is 8.48. The van der Waals surface area contributed by atoms with E-state index in [0.29, 0.717) is 10.6 Å². The summed E-state index contributed by atoms with van der Waals surface area (Å²) in [6.07, 6.45) is 0. The molecule has 6 heteroatoms. The third kappa shape index (κ3) is 3.48. The number of ether oxygens (including phenoxy) is 1. The average molecular weight is 264 g/mol. The Labute approximate surface area is 104 Å². The summed E-state index contributed by atoms with van der Waals surface area (Å²) < 4.78 is 4.37. The van der Waals surface area contributed by atoms with Crippen molar-refractivity contribution in [1.29, 1.82) is 0 Å². The molecule has 0 heterocycles. The lowest BCUT2D eigenvalue weighted by Crippen LogP contribution is -2.39. The molecule has 0 aliphatic carbocycles. The number of nitrogens with two attached hydrogens (primary N) is 1. The van der Waals surface area contributed by atoms with Gasteiger partial charge < -0.3 is 10.5 Å². The first-order valence-electron chi connectivity index (χ1n) is 4.19. The predicted molar refractivity (Wildman–Crippen MR) is 63.0 cm³/mol. The number of ketones is 1. The average Bonchev–Trinajstić information content (AvgIpc) is 2.27. The van der Waals surface area contributed by atoms with E-state index in [1.807, 2.05) is 0 Å². The van der Waals surface area contributed by atoms with E-state index in [2.05, 4.69) is 4.74 Å². The first-order chi connectivity index (χ1) is 7.06. The molecule has 1 rings (SSSR count). The van der Waals surface area contributed by atoms with Crippen molar-refractivity contribution in [1.82, 2.24) is 0 Å². The molecule has 0 radical (unpaired) electrons. The zero-order valence-corrected chi connectivity index (χ0v) is 10.0. The summed E-state index contributed by atoms with van der Waals surface area (Å²) >= 11 is 5.65. The van der Waals surface area contributed by atoms with E-state index < -0.39 is 17.8 Å². The number of halogens is 2. The maximum absolute atomic E-state index is 11.6. The first-order valence-corrected chi connectivity index (χ1v) is 4.57. The van der Waals surface area contributed by atoms with Crippen LogP contribution in [0.4, 0.5) is 0 Å². The van der Waals surface area contributed by atoms with Crippen LogP contribution in [0.25, 0.3) is 0 Å². The molecule has 0 aliphatic rings. The van der Waals surface area contributed by atoms with Crippen molar-refractivity contribution in [2.45, 2.75) is 6.04 Å². The first kappa shape index (κ1) is 14.9. The minimum atomic E-state index is -1.28. The van der Waals surface area contributed by atoms with Crippen molar-refractivity contribution < 1.29 is 14.3 Å². The molecule has 0 saturated heterocycles. The van der Waals surface area contributed by atoms with Gasteiger partial charge in [-0.3, -0.25) is 4.79 Å². The van der Waals surface area contributed by atoms with Crippen molar-refractivity contribution in [2.75, 3.05) is 7.11 Å². The minimum absolute atomic E-state index is 0. The maximum Gasteiger partial charge on any atom is 0.330 e. The number of Topliss-reactive ketones (excluding diaryl/α,β-unsaturated/α-hetero) is 1. The van der Waals surface area contributed by atoms with E-state index in [1.54, 1.807) is 12.1 Å². The summed E-state index contributed by atoms with van der Waals surface area (Å²) in [4.78, 5) is 22.6. The van der Waals surface area contributed by atoms with Crippen molar-refractivity contribution in [3.8, 4) is 0 Å². The van der Waals surface area contributed by atoms with E-state index in [-0.39, 0.29) is 12.4 Å². The molecule has 0 saturated carbocycles. The van der Waals surface area contributed by atoms with Gasteiger partial charge in [0.25, 0.3) is 0 Å². The molecule has 1 aromatic rings. The third-order valence-electron chi connectivity index (χ3n) is 1.87. The fraction of sp³-hybridized carbons (Fsp3) is 0.200. The summed E-state index contributed by atoms with van der Waals surface area (Å²) in [6, 6.07) is 4.84. The third-order valence-corrected chi connectivity index (χ3v) is 2.12. The van der Waals surface area contributed by atoms with Crippen LogP contribution >= 0.6 is 24.0 Å². The van der Waals surface area contributed by atoms with Crippen molar-refractivity contribution in [3.63, 3.8) is 0 Å². The van der Waals surface area contributed by atoms with Crippen LogP contribution in [-0.4, -0.2) is 24.9 Å². The number of hydrogen-bond donors (Lipinski definition) is 1. The van der Waals surface area contributed by atoms with Gasteiger partial charge >= 0.3 is 5.97 Å². The number of carbonyl (C=O) groups excluding carboxylic acids is 2. The Bertz CT molecular complexity index is 378. The Morgan fingerprint density at radius 3 is 2.25 bits per heavy atom. The standard InChI is InChI=1S/C10H10ClNO3.ClH/c1-15-10(14)8(12)9(13)6-2-4-7(11)5-3-6;/h2-5,8H,12H2,1H3;1H. The van der Waals surface area contributed by atoms with Crippen LogP contribution in [0.15, 0.2) is 24.3 Å². The highest BCUT2D eigenvalue weighted by Crippen LogP contribution is 2.11. The predicted octanol–water partition coefficient (Wildman–Crippen LogP) is 1.44. The van der Waals surface area contributed by atoms with Crippen LogP contribution in [-0.2, 0) is 9.53 Å². The highest BCUT2D eigenvalue weighted by Gasteiger charge is 2.23. The van der Waals surface area contributed by atoms with Crippen LogP contribution in [0.5, 0.6) is 0 Å². The number of hydrogen-bond acceptors (Lipinski definition) is 4. The molecular weight excluding hydrogens is 253 g/mol. The molecule has 4 nitrogen and oxygen atoms in total. The van der Waals surface area contributed by atoms with Gasteiger partial charge in [0.15, 0.2) is 11.8 Å². The smallest absolute Gasteiger partial charge is 0.330 e. The summed E-state index contributed by atoms with van der Waals surface area (Å²) in [7, 11) is 1.18.